The van der Waals surface area contributed by atoms with Crippen molar-refractivity contribution in [2.75, 3.05) is 0 Å². The third-order valence-corrected chi connectivity index (χ3v) is 1.56. The van der Waals surface area contributed by atoms with Crippen LogP contribution >= 0.6 is 0 Å². The lowest BCUT2D eigenvalue weighted by Gasteiger charge is -1.93. The van der Waals surface area contributed by atoms with Crippen LogP contribution in [0.4, 0.5) is 0 Å². The number of hydrogen-bond acceptors (Lipinski definition) is 2. The number of nitrogens with one attached hydrogen (secondary N) is 1. The molecule has 11 heavy (non-hydrogen) atoms. The predicted molar refractivity (Wildman–Crippen MR) is 42.4 cm³/mol. The molecule has 0 bridgehead atoms. The molecule has 0 amide bonds. The van der Waals surface area contributed by atoms with Crippen molar-refractivity contribution < 1.29 is 4.79 Å². The smallest absolute Gasteiger partial charge is 0.180 e. The number of carbonyl (C=O) groups excluding carboxylic acids is 1. The van der Waals surface area contributed by atoms with Crippen molar-refractivity contribution in [1.29, 1.82) is 0 Å². The summed E-state index contributed by atoms with van der Waals surface area (Å²) in [6, 6.07) is 1.71. The number of unbranched alkanes of at least 4 members (excludes halogenated alkanes) is 1. The van der Waals surface area contributed by atoms with Crippen LogP contribution in [-0.2, 0) is 0 Å². The molecule has 0 aliphatic heterocycles. The molecule has 0 unspecified atom stereocenters. The van der Waals surface area contributed by atoms with E-state index in [-0.39, 0.29) is 5.78 Å². The lowest BCUT2D eigenvalue weighted by Crippen LogP contribution is -1.98. The first kappa shape index (κ1) is 7.98. The number of hydrogen-bond donors (Lipinski definition) is 1. The van der Waals surface area contributed by atoms with Gasteiger partial charge in [0.15, 0.2) is 5.78 Å². The van der Waals surface area contributed by atoms with E-state index in [1.54, 1.807) is 12.3 Å². The van der Waals surface area contributed by atoms with E-state index in [0.717, 1.165) is 12.8 Å². The van der Waals surface area contributed by atoms with Crippen molar-refractivity contribution in [3.8, 4) is 0 Å². The van der Waals surface area contributed by atoms with E-state index in [9.17, 15) is 4.79 Å². The Kier molecular flexibility index (Phi) is 2.83. The number of nitrogens with zero attached hydrogens (tertiary/aromatic N) is 1. The maximum absolute atomic E-state index is 11.2. The minimum absolute atomic E-state index is 0.157. The second-order valence-corrected chi connectivity index (χ2v) is 2.50. The van der Waals surface area contributed by atoms with E-state index >= 15 is 0 Å². The molecule has 0 aromatic carbocycles. The molecule has 1 N–H and O–H groups in total. The van der Waals surface area contributed by atoms with Crippen LogP contribution in [0.1, 0.15) is 36.7 Å². The zero-order valence-electron chi connectivity index (χ0n) is 6.63. The molecule has 0 spiro atoms. The molecule has 1 heterocycles. The molecule has 3 nitrogen and oxygen atoms in total. The van der Waals surface area contributed by atoms with Crippen LogP contribution in [0.2, 0.25) is 0 Å². The summed E-state index contributed by atoms with van der Waals surface area (Å²) >= 11 is 0. The quantitative estimate of drug-likeness (QED) is 0.668. The van der Waals surface area contributed by atoms with Crippen LogP contribution in [0, 0.1) is 0 Å². The van der Waals surface area contributed by atoms with Gasteiger partial charge in [0, 0.05) is 12.6 Å². The molecule has 0 radical (unpaired) electrons. The van der Waals surface area contributed by atoms with Gasteiger partial charge < -0.3 is 0 Å². The lowest BCUT2D eigenvalue weighted by atomic mass is 10.1. The normalized spacial score (nSPS) is 9.91. The van der Waals surface area contributed by atoms with Crippen molar-refractivity contribution in [2.45, 2.75) is 26.2 Å². The van der Waals surface area contributed by atoms with Crippen LogP contribution in [0.3, 0.4) is 0 Å². The molecular weight excluding hydrogens is 140 g/mol. The number of aromatic amines is 1. The van der Waals surface area contributed by atoms with Crippen LogP contribution in [0.5, 0.6) is 0 Å². The van der Waals surface area contributed by atoms with Gasteiger partial charge in [0.2, 0.25) is 0 Å². The third kappa shape index (κ3) is 2.18. The molecule has 1 rings (SSSR count). The maximum Gasteiger partial charge on any atom is 0.180 e. The Bertz CT molecular complexity index is 216. The Morgan fingerprint density at radius 3 is 3.09 bits per heavy atom. The molecule has 0 fully saturated rings. The fourth-order valence-electron chi connectivity index (χ4n) is 0.883. The fraction of sp³-hybridized carbons (Fsp3) is 0.500. The van der Waals surface area contributed by atoms with Crippen LogP contribution < -0.4 is 0 Å². The highest BCUT2D eigenvalue weighted by Gasteiger charge is 2.04. The van der Waals surface area contributed by atoms with E-state index in [1.165, 1.54) is 0 Å². The highest BCUT2D eigenvalue weighted by Crippen LogP contribution is 2.02. The number of aromatic nitrogens is 2. The summed E-state index contributed by atoms with van der Waals surface area (Å²) < 4.78 is 0. The number of carbonyl (C=O) groups is 1. The first-order valence-electron chi connectivity index (χ1n) is 3.87. The number of ketones is 1. The summed E-state index contributed by atoms with van der Waals surface area (Å²) in [6.07, 6.45) is 4.23. The monoisotopic (exact) mass is 152 g/mol. The van der Waals surface area contributed by atoms with Gasteiger partial charge in [-0.2, -0.15) is 5.10 Å². The number of rotatable bonds is 4. The van der Waals surface area contributed by atoms with Crippen LogP contribution in [0.25, 0.3) is 0 Å². The molecule has 1 aromatic rings. The summed E-state index contributed by atoms with van der Waals surface area (Å²) in [6.45, 7) is 2.07. The summed E-state index contributed by atoms with van der Waals surface area (Å²) in [5, 5.41) is 6.35. The van der Waals surface area contributed by atoms with Crippen LogP contribution in [-0.4, -0.2) is 16.0 Å². The van der Waals surface area contributed by atoms with Gasteiger partial charge in [0.25, 0.3) is 0 Å². The maximum atomic E-state index is 11.2. The zero-order valence-corrected chi connectivity index (χ0v) is 6.63. The largest absolute Gasteiger partial charge is 0.292 e. The van der Waals surface area contributed by atoms with Gasteiger partial charge >= 0.3 is 0 Å². The second kappa shape index (κ2) is 3.91. The Morgan fingerprint density at radius 2 is 2.55 bits per heavy atom. The van der Waals surface area contributed by atoms with E-state index in [0.29, 0.717) is 12.1 Å². The van der Waals surface area contributed by atoms with Gasteiger partial charge in [-0.15, -0.1) is 0 Å². The predicted octanol–water partition coefficient (Wildman–Crippen LogP) is 1.78. The van der Waals surface area contributed by atoms with Crippen molar-refractivity contribution in [3.05, 3.63) is 18.0 Å². The van der Waals surface area contributed by atoms with E-state index in [2.05, 4.69) is 17.1 Å². The summed E-state index contributed by atoms with van der Waals surface area (Å²) in [5.74, 6) is 0.157. The van der Waals surface area contributed by atoms with Crippen molar-refractivity contribution in [1.82, 2.24) is 10.2 Å². The zero-order chi connectivity index (χ0) is 8.10. The molecule has 3 heteroatoms. The molecule has 0 saturated carbocycles. The second-order valence-electron chi connectivity index (χ2n) is 2.50. The van der Waals surface area contributed by atoms with E-state index in [1.807, 2.05) is 0 Å². The van der Waals surface area contributed by atoms with E-state index in [4.69, 9.17) is 0 Å². The topological polar surface area (TPSA) is 45.8 Å². The summed E-state index contributed by atoms with van der Waals surface area (Å²) in [4.78, 5) is 11.2. The minimum atomic E-state index is 0.157. The Balaban J connectivity index is 2.43. The summed E-state index contributed by atoms with van der Waals surface area (Å²) in [5.41, 5.74) is 0.624. The average molecular weight is 152 g/mol. The van der Waals surface area contributed by atoms with Gasteiger partial charge in [-0.05, 0) is 12.5 Å². The Hall–Kier alpha value is -1.12. The molecule has 1 aromatic heterocycles. The molecule has 0 aliphatic carbocycles. The SMILES string of the molecule is CCCCC(=O)c1ccn[nH]1. The Morgan fingerprint density at radius 1 is 1.73 bits per heavy atom. The number of H-pyrrole nitrogens is 1. The minimum Gasteiger partial charge on any atom is -0.292 e. The molecule has 0 saturated heterocycles. The van der Waals surface area contributed by atoms with Gasteiger partial charge in [-0.3, -0.25) is 9.89 Å². The van der Waals surface area contributed by atoms with Crippen molar-refractivity contribution >= 4 is 5.78 Å². The Labute approximate surface area is 65.8 Å². The van der Waals surface area contributed by atoms with Gasteiger partial charge in [0.1, 0.15) is 5.69 Å². The molecule has 0 aliphatic rings. The molecule has 0 atom stereocenters. The molecular formula is C8H12N2O. The first-order chi connectivity index (χ1) is 5.34. The van der Waals surface area contributed by atoms with Gasteiger partial charge in [-0.1, -0.05) is 13.3 Å². The number of Topliss-reactive ketones (excluding diaryl/α,β-unsaturated/α-hetero) is 1. The fourth-order valence-corrected chi connectivity index (χ4v) is 0.883. The third-order valence-electron chi connectivity index (χ3n) is 1.56. The average Bonchev–Trinajstić information content (AvgIpc) is 2.52. The van der Waals surface area contributed by atoms with Gasteiger partial charge in [-0.25, -0.2) is 0 Å². The van der Waals surface area contributed by atoms with Crippen molar-refractivity contribution in [2.24, 2.45) is 0 Å². The highest BCUT2D eigenvalue weighted by molar-refractivity contribution is 5.93. The molecule has 60 valence electrons. The van der Waals surface area contributed by atoms with Gasteiger partial charge in [0.05, 0.1) is 0 Å². The van der Waals surface area contributed by atoms with Crippen LogP contribution in [0.15, 0.2) is 12.3 Å². The highest BCUT2D eigenvalue weighted by atomic mass is 16.1. The summed E-state index contributed by atoms with van der Waals surface area (Å²) in [7, 11) is 0. The van der Waals surface area contributed by atoms with Crippen molar-refractivity contribution in [3.63, 3.8) is 0 Å². The standard InChI is InChI=1S/C8H12N2O/c1-2-3-4-8(11)7-5-6-9-10-7/h5-6H,2-4H2,1H3,(H,9,10). The first-order valence-corrected chi connectivity index (χ1v) is 3.87. The van der Waals surface area contributed by atoms with E-state index < -0.39 is 0 Å². The lowest BCUT2D eigenvalue weighted by molar-refractivity contribution is 0.0975.